The van der Waals surface area contributed by atoms with Crippen LogP contribution in [0.4, 0.5) is 5.69 Å². The minimum Gasteiger partial charge on any atom is -0.329 e. The Morgan fingerprint density at radius 1 is 1.56 bits per heavy atom. The molecule has 0 radical (unpaired) electrons. The zero-order valence-electron chi connectivity index (χ0n) is 10.3. The fourth-order valence-electron chi connectivity index (χ4n) is 1.42. The molecule has 0 saturated carbocycles. The quantitative estimate of drug-likeness (QED) is 0.668. The first-order chi connectivity index (χ1) is 7.95. The van der Waals surface area contributed by atoms with Gasteiger partial charge in [0.05, 0.1) is 4.92 Å². The fraction of sp³-hybridized carbons (Fsp3) is 0.455. The van der Waals surface area contributed by atoms with Gasteiger partial charge in [-0.2, -0.15) is 0 Å². The number of hydrogen-bond donors (Lipinski definition) is 1. The molecule has 1 aromatic carbocycles. The van der Waals surface area contributed by atoms with E-state index in [0.717, 1.165) is 5.56 Å². The van der Waals surface area contributed by atoms with Gasteiger partial charge in [0.2, 0.25) is 0 Å². The number of rotatable bonds is 5. The summed E-state index contributed by atoms with van der Waals surface area (Å²) in [4.78, 5) is 12.2. The summed E-state index contributed by atoms with van der Waals surface area (Å²) in [7, 11) is 1.95. The van der Waals surface area contributed by atoms with E-state index in [-0.39, 0.29) is 29.2 Å². The van der Waals surface area contributed by atoms with Crippen molar-refractivity contribution in [3.63, 3.8) is 0 Å². The predicted octanol–water partition coefficient (Wildman–Crippen LogP) is 2.45. The zero-order chi connectivity index (χ0) is 13.0. The summed E-state index contributed by atoms with van der Waals surface area (Å²) in [5, 5.41) is 10.8. The third-order valence-corrected chi connectivity index (χ3v) is 3.04. The van der Waals surface area contributed by atoms with Gasteiger partial charge in [-0.3, -0.25) is 15.0 Å². The van der Waals surface area contributed by atoms with Gasteiger partial charge in [0, 0.05) is 25.2 Å². The molecule has 0 aliphatic rings. The molecule has 5 nitrogen and oxygen atoms in total. The minimum atomic E-state index is -0.488. The average molecular weight is 294 g/mol. The molecule has 1 atom stereocenters. The van der Waals surface area contributed by atoms with Gasteiger partial charge < -0.3 is 5.73 Å². The number of nitrogens with zero attached hydrogens (tertiary/aromatic N) is 2. The predicted molar refractivity (Wildman–Crippen MR) is 75.3 cm³/mol. The molecule has 1 aromatic rings. The summed E-state index contributed by atoms with van der Waals surface area (Å²) < 4.78 is 0. The van der Waals surface area contributed by atoms with Gasteiger partial charge in [0.15, 0.2) is 0 Å². The van der Waals surface area contributed by atoms with E-state index in [1.807, 2.05) is 14.0 Å². The lowest BCUT2D eigenvalue weighted by molar-refractivity contribution is -0.384. The van der Waals surface area contributed by atoms with Crippen molar-refractivity contribution < 1.29 is 4.92 Å². The van der Waals surface area contributed by atoms with E-state index in [2.05, 4.69) is 4.90 Å². The summed E-state index contributed by atoms with van der Waals surface area (Å²) >= 11 is 5.84. The summed E-state index contributed by atoms with van der Waals surface area (Å²) in [6.45, 7) is 3.25. The van der Waals surface area contributed by atoms with Gasteiger partial charge in [0.1, 0.15) is 5.02 Å². The highest BCUT2D eigenvalue weighted by Crippen LogP contribution is 2.25. The molecule has 1 unspecified atom stereocenters. The Morgan fingerprint density at radius 2 is 2.17 bits per heavy atom. The van der Waals surface area contributed by atoms with E-state index in [0.29, 0.717) is 13.1 Å². The van der Waals surface area contributed by atoms with Gasteiger partial charge in [-0.1, -0.05) is 17.7 Å². The molecule has 0 amide bonds. The third kappa shape index (κ3) is 4.42. The first kappa shape index (κ1) is 17.1. The van der Waals surface area contributed by atoms with Crippen LogP contribution in [0.25, 0.3) is 0 Å². The molecule has 0 aromatic heterocycles. The third-order valence-electron chi connectivity index (χ3n) is 2.73. The largest absolute Gasteiger partial charge is 0.329 e. The van der Waals surface area contributed by atoms with Gasteiger partial charge in [-0.05, 0) is 25.6 Å². The summed E-state index contributed by atoms with van der Waals surface area (Å²) in [6, 6.07) is 5.02. The highest BCUT2D eigenvalue weighted by molar-refractivity contribution is 6.32. The van der Waals surface area contributed by atoms with Crippen LogP contribution in [0.2, 0.25) is 5.02 Å². The van der Waals surface area contributed by atoms with E-state index < -0.39 is 4.92 Å². The van der Waals surface area contributed by atoms with Crippen molar-refractivity contribution in [2.45, 2.75) is 19.5 Å². The molecule has 0 saturated heterocycles. The lowest BCUT2D eigenvalue weighted by Crippen LogP contribution is -2.34. The fourth-order valence-corrected chi connectivity index (χ4v) is 1.69. The number of halogens is 2. The van der Waals surface area contributed by atoms with Gasteiger partial charge in [0.25, 0.3) is 5.69 Å². The Labute approximate surface area is 117 Å². The summed E-state index contributed by atoms with van der Waals surface area (Å²) in [6.07, 6.45) is 0. The lowest BCUT2D eigenvalue weighted by atomic mass is 10.1. The van der Waals surface area contributed by atoms with Gasteiger partial charge in [-0.25, -0.2) is 0 Å². The van der Waals surface area contributed by atoms with Crippen molar-refractivity contribution >= 4 is 29.7 Å². The van der Waals surface area contributed by atoms with Gasteiger partial charge in [-0.15, -0.1) is 12.4 Å². The SMILES string of the molecule is CC(CN)N(C)Cc1ccc([N+](=O)[O-])c(Cl)c1.Cl. The van der Waals surface area contributed by atoms with Crippen LogP contribution in [-0.2, 0) is 6.54 Å². The van der Waals surface area contributed by atoms with E-state index in [4.69, 9.17) is 17.3 Å². The average Bonchev–Trinajstić information content (AvgIpc) is 2.27. The number of hydrogen-bond acceptors (Lipinski definition) is 4. The minimum absolute atomic E-state index is 0. The topological polar surface area (TPSA) is 72.4 Å². The molecule has 7 heteroatoms. The van der Waals surface area contributed by atoms with E-state index in [1.54, 1.807) is 12.1 Å². The van der Waals surface area contributed by atoms with Crippen LogP contribution in [0.1, 0.15) is 12.5 Å². The highest BCUT2D eigenvalue weighted by atomic mass is 35.5. The van der Waals surface area contributed by atoms with E-state index in [9.17, 15) is 10.1 Å². The van der Waals surface area contributed by atoms with Crippen LogP contribution in [0.3, 0.4) is 0 Å². The van der Waals surface area contributed by atoms with Crippen LogP contribution in [-0.4, -0.2) is 29.5 Å². The maximum atomic E-state index is 10.6. The Hall–Kier alpha value is -0.880. The molecular weight excluding hydrogens is 277 g/mol. The first-order valence-electron chi connectivity index (χ1n) is 5.28. The molecule has 18 heavy (non-hydrogen) atoms. The number of nitrogens with two attached hydrogens (primary N) is 1. The Balaban J connectivity index is 0.00000289. The molecule has 0 spiro atoms. The number of benzene rings is 1. The summed E-state index contributed by atoms with van der Waals surface area (Å²) in [5.74, 6) is 0. The second-order valence-electron chi connectivity index (χ2n) is 4.04. The first-order valence-corrected chi connectivity index (χ1v) is 5.66. The van der Waals surface area contributed by atoms with Crippen molar-refractivity contribution in [2.24, 2.45) is 5.73 Å². The normalized spacial score (nSPS) is 12.1. The molecular formula is C11H17Cl2N3O2. The van der Waals surface area contributed by atoms with Crippen molar-refractivity contribution in [1.82, 2.24) is 4.90 Å². The van der Waals surface area contributed by atoms with Crippen LogP contribution < -0.4 is 5.73 Å². The Morgan fingerprint density at radius 3 is 2.61 bits per heavy atom. The molecule has 2 N–H and O–H groups in total. The molecule has 0 heterocycles. The van der Waals surface area contributed by atoms with E-state index >= 15 is 0 Å². The number of nitro benzene ring substituents is 1. The molecule has 0 bridgehead atoms. The highest BCUT2D eigenvalue weighted by Gasteiger charge is 2.13. The molecule has 0 fully saturated rings. The van der Waals surface area contributed by atoms with Crippen molar-refractivity contribution in [2.75, 3.05) is 13.6 Å². The number of likely N-dealkylation sites (N-methyl/N-ethyl adjacent to an activating group) is 1. The Bertz CT molecular complexity index is 415. The van der Waals surface area contributed by atoms with Crippen LogP contribution >= 0.6 is 24.0 Å². The van der Waals surface area contributed by atoms with Crippen LogP contribution in [0.5, 0.6) is 0 Å². The standard InChI is InChI=1S/C11H16ClN3O2.ClH/c1-8(6-13)14(2)7-9-3-4-11(15(16)17)10(12)5-9;/h3-5,8H,6-7,13H2,1-2H3;1H. The van der Waals surface area contributed by atoms with Gasteiger partial charge >= 0.3 is 0 Å². The molecule has 0 aliphatic heterocycles. The van der Waals surface area contributed by atoms with Crippen LogP contribution in [0.15, 0.2) is 18.2 Å². The molecule has 102 valence electrons. The smallest absolute Gasteiger partial charge is 0.287 e. The zero-order valence-corrected chi connectivity index (χ0v) is 11.9. The maximum absolute atomic E-state index is 10.6. The van der Waals surface area contributed by atoms with Crippen molar-refractivity contribution in [1.29, 1.82) is 0 Å². The second kappa shape index (κ2) is 7.53. The molecule has 1 rings (SSSR count). The van der Waals surface area contributed by atoms with Crippen molar-refractivity contribution in [3.8, 4) is 0 Å². The summed E-state index contributed by atoms with van der Waals surface area (Å²) in [5.41, 5.74) is 6.43. The monoisotopic (exact) mass is 293 g/mol. The maximum Gasteiger partial charge on any atom is 0.287 e. The van der Waals surface area contributed by atoms with E-state index in [1.165, 1.54) is 6.07 Å². The second-order valence-corrected chi connectivity index (χ2v) is 4.45. The van der Waals surface area contributed by atoms with Crippen LogP contribution in [0, 0.1) is 10.1 Å². The lowest BCUT2D eigenvalue weighted by Gasteiger charge is -2.23. The molecule has 0 aliphatic carbocycles. The number of nitro groups is 1. The van der Waals surface area contributed by atoms with Crippen molar-refractivity contribution in [3.05, 3.63) is 38.9 Å². The Kier molecular flexibility index (Phi) is 7.16.